The van der Waals surface area contributed by atoms with Crippen LogP contribution in [0.5, 0.6) is 0 Å². The summed E-state index contributed by atoms with van der Waals surface area (Å²) in [5, 5.41) is 9.17. The number of primary amides is 1. The van der Waals surface area contributed by atoms with Crippen LogP contribution in [0.1, 0.15) is 20.3 Å². The third kappa shape index (κ3) is 5.25. The van der Waals surface area contributed by atoms with Gasteiger partial charge >= 0.3 is 11.9 Å². The summed E-state index contributed by atoms with van der Waals surface area (Å²) >= 11 is 0. The summed E-state index contributed by atoms with van der Waals surface area (Å²) in [4.78, 5) is 34.2. The third-order valence-electron chi connectivity index (χ3n) is 2.97. The van der Waals surface area contributed by atoms with Crippen molar-refractivity contribution in [2.24, 2.45) is 23.5 Å². The van der Waals surface area contributed by atoms with Gasteiger partial charge in [0, 0.05) is 7.11 Å². The predicted octanol–water partition coefficient (Wildman–Crippen LogP) is 0.0244. The highest BCUT2D eigenvalue weighted by Crippen LogP contribution is 2.25. The summed E-state index contributed by atoms with van der Waals surface area (Å²) in [5.74, 6) is -5.68. The van der Waals surface area contributed by atoms with Crippen LogP contribution in [0, 0.1) is 17.8 Å². The summed E-state index contributed by atoms with van der Waals surface area (Å²) in [7, 11) is 1.46. The van der Waals surface area contributed by atoms with E-state index in [1.807, 2.05) is 0 Å². The molecule has 0 bridgehead atoms. The van der Waals surface area contributed by atoms with E-state index in [2.05, 4.69) is 0 Å². The Morgan fingerprint density at radius 2 is 1.84 bits per heavy atom. The lowest BCUT2D eigenvalue weighted by Gasteiger charge is -2.24. The Bertz CT molecular complexity index is 330. The number of methoxy groups -OCH3 is 1. The predicted molar refractivity (Wildman–Crippen MR) is 66.1 cm³/mol. The number of ether oxygens (including phenoxy) is 2. The molecule has 0 saturated carbocycles. The molecule has 0 aliphatic rings. The highest BCUT2D eigenvalue weighted by molar-refractivity contribution is 5.87. The monoisotopic (exact) mass is 275 g/mol. The highest BCUT2D eigenvalue weighted by atomic mass is 16.6. The molecule has 0 aliphatic carbocycles. The van der Waals surface area contributed by atoms with Gasteiger partial charge in [0.1, 0.15) is 6.61 Å². The minimum Gasteiger partial charge on any atom is -0.481 e. The van der Waals surface area contributed by atoms with Crippen molar-refractivity contribution in [2.45, 2.75) is 20.3 Å². The van der Waals surface area contributed by atoms with Crippen molar-refractivity contribution in [1.82, 2.24) is 0 Å². The molecule has 0 spiro atoms. The van der Waals surface area contributed by atoms with Crippen molar-refractivity contribution in [3.63, 3.8) is 0 Å². The van der Waals surface area contributed by atoms with E-state index in [0.29, 0.717) is 0 Å². The zero-order chi connectivity index (χ0) is 15.0. The molecule has 19 heavy (non-hydrogen) atoms. The van der Waals surface area contributed by atoms with Crippen molar-refractivity contribution in [3.05, 3.63) is 0 Å². The molecule has 0 heterocycles. The molecular formula is C12H21NO6. The largest absolute Gasteiger partial charge is 0.481 e. The number of carboxylic acids is 1. The minimum atomic E-state index is -1.23. The van der Waals surface area contributed by atoms with Crippen LogP contribution in [0.25, 0.3) is 0 Å². The van der Waals surface area contributed by atoms with Crippen LogP contribution in [-0.2, 0) is 23.9 Å². The Balaban J connectivity index is 4.83. The molecule has 0 rings (SSSR count). The van der Waals surface area contributed by atoms with Crippen LogP contribution in [0.2, 0.25) is 0 Å². The lowest BCUT2D eigenvalue weighted by Crippen LogP contribution is -2.40. The molecule has 0 fully saturated rings. The number of rotatable bonds is 9. The fourth-order valence-corrected chi connectivity index (χ4v) is 1.87. The van der Waals surface area contributed by atoms with Gasteiger partial charge in [-0.2, -0.15) is 0 Å². The van der Waals surface area contributed by atoms with E-state index >= 15 is 0 Å². The number of carbonyl (C=O) groups is 3. The van der Waals surface area contributed by atoms with Gasteiger partial charge in [0.15, 0.2) is 0 Å². The van der Waals surface area contributed by atoms with Gasteiger partial charge in [-0.3, -0.25) is 14.4 Å². The summed E-state index contributed by atoms with van der Waals surface area (Å²) in [6.45, 7) is 3.33. The summed E-state index contributed by atoms with van der Waals surface area (Å²) in [6.07, 6.45) is 0.252. The molecule has 0 aromatic carbocycles. The topological polar surface area (TPSA) is 116 Å². The Hall–Kier alpha value is -1.63. The first kappa shape index (κ1) is 17.4. The van der Waals surface area contributed by atoms with Gasteiger partial charge < -0.3 is 20.3 Å². The minimum absolute atomic E-state index is 0.0410. The van der Waals surface area contributed by atoms with Crippen LogP contribution >= 0.6 is 0 Å². The van der Waals surface area contributed by atoms with E-state index in [1.165, 1.54) is 14.0 Å². The standard InChI is InChI=1S/C12H21NO6/c1-4-8(10(13)14)9(11(15)16)7(2)12(17)19-6-5-18-3/h7-9H,4-6H2,1-3H3,(H2,13,14)(H,15,16). The number of amides is 1. The quantitative estimate of drug-likeness (QED) is 0.453. The first-order valence-electron chi connectivity index (χ1n) is 6.04. The van der Waals surface area contributed by atoms with E-state index in [0.717, 1.165) is 0 Å². The number of carbonyl (C=O) groups excluding carboxylic acids is 2. The number of hydrogen-bond donors (Lipinski definition) is 2. The van der Waals surface area contributed by atoms with Gasteiger partial charge in [0.2, 0.25) is 5.91 Å². The fraction of sp³-hybridized carbons (Fsp3) is 0.750. The van der Waals surface area contributed by atoms with E-state index in [1.54, 1.807) is 6.92 Å². The Kier molecular flexibility index (Phi) is 7.74. The van der Waals surface area contributed by atoms with Crippen LogP contribution in [0.4, 0.5) is 0 Å². The molecule has 0 aromatic heterocycles. The summed E-state index contributed by atoms with van der Waals surface area (Å²) in [6, 6.07) is 0. The van der Waals surface area contributed by atoms with Gasteiger partial charge in [0.25, 0.3) is 0 Å². The second-order valence-corrected chi connectivity index (χ2v) is 4.23. The van der Waals surface area contributed by atoms with Crippen molar-refractivity contribution < 1.29 is 29.0 Å². The maximum Gasteiger partial charge on any atom is 0.309 e. The van der Waals surface area contributed by atoms with E-state index in [4.69, 9.17) is 15.2 Å². The summed E-state index contributed by atoms with van der Waals surface area (Å²) < 4.78 is 9.59. The molecule has 0 saturated heterocycles. The molecule has 7 heteroatoms. The normalized spacial score (nSPS) is 15.3. The Labute approximate surface area is 112 Å². The molecule has 0 aromatic rings. The smallest absolute Gasteiger partial charge is 0.309 e. The van der Waals surface area contributed by atoms with Crippen molar-refractivity contribution in [3.8, 4) is 0 Å². The lowest BCUT2D eigenvalue weighted by atomic mass is 9.80. The Morgan fingerprint density at radius 1 is 1.26 bits per heavy atom. The van der Waals surface area contributed by atoms with Gasteiger partial charge in [-0.1, -0.05) is 13.8 Å². The van der Waals surface area contributed by atoms with Crippen LogP contribution in [0.3, 0.4) is 0 Å². The van der Waals surface area contributed by atoms with Crippen LogP contribution in [0.15, 0.2) is 0 Å². The lowest BCUT2D eigenvalue weighted by molar-refractivity contribution is -0.161. The molecule has 3 N–H and O–H groups in total. The second-order valence-electron chi connectivity index (χ2n) is 4.23. The molecule has 1 amide bonds. The maximum atomic E-state index is 11.7. The molecule has 7 nitrogen and oxygen atoms in total. The molecule has 3 unspecified atom stereocenters. The van der Waals surface area contributed by atoms with E-state index in [-0.39, 0.29) is 19.6 Å². The van der Waals surface area contributed by atoms with Crippen molar-refractivity contribution in [1.29, 1.82) is 0 Å². The number of aliphatic carboxylic acids is 1. The average Bonchev–Trinajstić information content (AvgIpc) is 2.34. The first-order valence-corrected chi connectivity index (χ1v) is 6.04. The second kappa shape index (κ2) is 8.47. The zero-order valence-electron chi connectivity index (χ0n) is 11.4. The zero-order valence-corrected chi connectivity index (χ0v) is 11.4. The van der Waals surface area contributed by atoms with Gasteiger partial charge in [-0.15, -0.1) is 0 Å². The average molecular weight is 275 g/mol. The van der Waals surface area contributed by atoms with Crippen molar-refractivity contribution in [2.75, 3.05) is 20.3 Å². The number of carboxylic acid groups (broad SMARTS) is 1. The molecule has 0 radical (unpaired) electrons. The van der Waals surface area contributed by atoms with Gasteiger partial charge in [-0.25, -0.2) is 0 Å². The van der Waals surface area contributed by atoms with Gasteiger partial charge in [0.05, 0.1) is 24.4 Å². The fourth-order valence-electron chi connectivity index (χ4n) is 1.87. The number of esters is 1. The first-order chi connectivity index (χ1) is 8.86. The van der Waals surface area contributed by atoms with Gasteiger partial charge in [-0.05, 0) is 6.42 Å². The van der Waals surface area contributed by atoms with Crippen LogP contribution < -0.4 is 5.73 Å². The third-order valence-corrected chi connectivity index (χ3v) is 2.97. The van der Waals surface area contributed by atoms with E-state index in [9.17, 15) is 19.5 Å². The number of hydrogen-bond acceptors (Lipinski definition) is 5. The molecule has 110 valence electrons. The van der Waals surface area contributed by atoms with E-state index < -0.39 is 35.6 Å². The highest BCUT2D eigenvalue weighted by Gasteiger charge is 2.39. The summed E-state index contributed by atoms with van der Waals surface area (Å²) in [5.41, 5.74) is 5.17. The molecule has 3 atom stereocenters. The molecule has 0 aliphatic heterocycles. The van der Waals surface area contributed by atoms with Crippen molar-refractivity contribution >= 4 is 17.8 Å². The number of nitrogens with two attached hydrogens (primary N) is 1. The maximum absolute atomic E-state index is 11.7. The SMILES string of the molecule is CCC(C(N)=O)C(C(=O)O)C(C)C(=O)OCCOC. The Morgan fingerprint density at radius 3 is 2.21 bits per heavy atom. The molecular weight excluding hydrogens is 254 g/mol. The van der Waals surface area contributed by atoms with Crippen LogP contribution in [-0.4, -0.2) is 43.3 Å².